The Morgan fingerprint density at radius 1 is 1.38 bits per heavy atom. The van der Waals surface area contributed by atoms with E-state index in [1.807, 2.05) is 11.3 Å². The van der Waals surface area contributed by atoms with Crippen LogP contribution in [-0.2, 0) is 0 Å². The SMILES string of the molecule is Cc1cc(C(NN)C(C)C)sc1C. The van der Waals surface area contributed by atoms with E-state index in [4.69, 9.17) is 5.84 Å². The van der Waals surface area contributed by atoms with Crippen molar-refractivity contribution in [1.29, 1.82) is 0 Å². The standard InChI is InChI=1S/C10H18N2S/c1-6(2)10(12-11)9-5-7(3)8(4)13-9/h5-6,10,12H,11H2,1-4H3. The summed E-state index contributed by atoms with van der Waals surface area (Å²) in [7, 11) is 0. The summed E-state index contributed by atoms with van der Waals surface area (Å²) in [6.07, 6.45) is 0. The molecule has 1 aromatic heterocycles. The molecular weight excluding hydrogens is 180 g/mol. The molecule has 0 bridgehead atoms. The highest BCUT2D eigenvalue weighted by atomic mass is 32.1. The lowest BCUT2D eigenvalue weighted by molar-refractivity contribution is 0.427. The van der Waals surface area contributed by atoms with E-state index in [1.165, 1.54) is 15.3 Å². The molecule has 0 aliphatic heterocycles. The second-order valence-corrected chi connectivity index (χ2v) is 5.06. The highest BCUT2D eigenvalue weighted by molar-refractivity contribution is 7.12. The monoisotopic (exact) mass is 198 g/mol. The Labute approximate surface area is 84.1 Å². The molecule has 1 heterocycles. The van der Waals surface area contributed by atoms with E-state index in [2.05, 4.69) is 39.2 Å². The fourth-order valence-corrected chi connectivity index (χ4v) is 2.63. The predicted octanol–water partition coefficient (Wildman–Crippen LogP) is 2.53. The molecule has 3 heteroatoms. The van der Waals surface area contributed by atoms with Gasteiger partial charge in [0.1, 0.15) is 0 Å². The Hall–Kier alpha value is -0.380. The first kappa shape index (κ1) is 10.7. The molecular formula is C10H18N2S. The summed E-state index contributed by atoms with van der Waals surface area (Å²) in [5.41, 5.74) is 4.23. The van der Waals surface area contributed by atoms with Crippen LogP contribution in [0, 0.1) is 19.8 Å². The van der Waals surface area contributed by atoms with Gasteiger partial charge in [0.05, 0.1) is 6.04 Å². The first-order valence-electron chi connectivity index (χ1n) is 4.59. The number of rotatable bonds is 3. The minimum Gasteiger partial charge on any atom is -0.271 e. The fraction of sp³-hybridized carbons (Fsp3) is 0.600. The van der Waals surface area contributed by atoms with E-state index in [0.29, 0.717) is 5.92 Å². The predicted molar refractivity (Wildman–Crippen MR) is 58.7 cm³/mol. The summed E-state index contributed by atoms with van der Waals surface area (Å²) < 4.78 is 0. The normalized spacial score (nSPS) is 13.7. The molecule has 0 spiro atoms. The van der Waals surface area contributed by atoms with Gasteiger partial charge in [0.2, 0.25) is 0 Å². The van der Waals surface area contributed by atoms with Gasteiger partial charge >= 0.3 is 0 Å². The number of nitrogens with one attached hydrogen (secondary N) is 1. The summed E-state index contributed by atoms with van der Waals surface area (Å²) in [6, 6.07) is 2.52. The fourth-order valence-electron chi connectivity index (χ4n) is 1.36. The van der Waals surface area contributed by atoms with Crippen molar-refractivity contribution in [2.24, 2.45) is 11.8 Å². The summed E-state index contributed by atoms with van der Waals surface area (Å²) in [5.74, 6) is 6.05. The van der Waals surface area contributed by atoms with Crippen molar-refractivity contribution < 1.29 is 0 Å². The number of hydrogen-bond donors (Lipinski definition) is 2. The smallest absolute Gasteiger partial charge is 0.0576 e. The first-order chi connectivity index (χ1) is 6.06. The zero-order chi connectivity index (χ0) is 10.0. The van der Waals surface area contributed by atoms with Crippen molar-refractivity contribution in [1.82, 2.24) is 5.43 Å². The average Bonchev–Trinajstić information content (AvgIpc) is 2.32. The van der Waals surface area contributed by atoms with Crippen LogP contribution < -0.4 is 11.3 Å². The molecule has 1 aromatic rings. The van der Waals surface area contributed by atoms with Crippen LogP contribution in [0.2, 0.25) is 0 Å². The van der Waals surface area contributed by atoms with Crippen molar-refractivity contribution in [3.05, 3.63) is 21.4 Å². The highest BCUT2D eigenvalue weighted by Crippen LogP contribution is 2.29. The molecule has 0 aliphatic carbocycles. The van der Waals surface area contributed by atoms with Gasteiger partial charge < -0.3 is 0 Å². The van der Waals surface area contributed by atoms with E-state index in [9.17, 15) is 0 Å². The van der Waals surface area contributed by atoms with Gasteiger partial charge in [-0.05, 0) is 31.4 Å². The molecule has 0 saturated heterocycles. The molecule has 0 aromatic carbocycles. The Balaban J connectivity index is 2.92. The zero-order valence-corrected chi connectivity index (χ0v) is 9.53. The van der Waals surface area contributed by atoms with Crippen molar-refractivity contribution in [2.75, 3.05) is 0 Å². The molecule has 0 aliphatic rings. The van der Waals surface area contributed by atoms with Crippen LogP contribution in [0.25, 0.3) is 0 Å². The van der Waals surface area contributed by atoms with Crippen LogP contribution in [0.4, 0.5) is 0 Å². The van der Waals surface area contributed by atoms with Crippen LogP contribution >= 0.6 is 11.3 Å². The number of aryl methyl sites for hydroxylation is 2. The van der Waals surface area contributed by atoms with Crippen molar-refractivity contribution in [3.8, 4) is 0 Å². The maximum Gasteiger partial charge on any atom is 0.0576 e. The quantitative estimate of drug-likeness (QED) is 0.578. The lowest BCUT2D eigenvalue weighted by Gasteiger charge is -2.17. The maximum atomic E-state index is 5.52. The van der Waals surface area contributed by atoms with E-state index in [-0.39, 0.29) is 6.04 Å². The van der Waals surface area contributed by atoms with Crippen molar-refractivity contribution in [3.63, 3.8) is 0 Å². The number of hydrogen-bond acceptors (Lipinski definition) is 3. The van der Waals surface area contributed by atoms with Crippen molar-refractivity contribution >= 4 is 11.3 Å². The summed E-state index contributed by atoms with van der Waals surface area (Å²) in [4.78, 5) is 2.73. The van der Waals surface area contributed by atoms with Gasteiger partial charge in [0, 0.05) is 9.75 Å². The largest absolute Gasteiger partial charge is 0.271 e. The minimum atomic E-state index is 0.289. The molecule has 1 rings (SSSR count). The van der Waals surface area contributed by atoms with Gasteiger partial charge in [-0.3, -0.25) is 11.3 Å². The number of nitrogens with two attached hydrogens (primary N) is 1. The van der Waals surface area contributed by atoms with E-state index >= 15 is 0 Å². The molecule has 2 nitrogen and oxygen atoms in total. The first-order valence-corrected chi connectivity index (χ1v) is 5.41. The van der Waals surface area contributed by atoms with Gasteiger partial charge in [-0.1, -0.05) is 13.8 Å². The van der Waals surface area contributed by atoms with Crippen LogP contribution in [0.15, 0.2) is 6.07 Å². The Morgan fingerprint density at radius 2 is 2.00 bits per heavy atom. The van der Waals surface area contributed by atoms with E-state index in [0.717, 1.165) is 0 Å². The van der Waals surface area contributed by atoms with E-state index in [1.54, 1.807) is 0 Å². The van der Waals surface area contributed by atoms with Gasteiger partial charge in [-0.2, -0.15) is 0 Å². The summed E-state index contributed by atoms with van der Waals surface area (Å²) >= 11 is 1.83. The van der Waals surface area contributed by atoms with Crippen LogP contribution in [0.1, 0.15) is 35.2 Å². The molecule has 0 radical (unpaired) electrons. The van der Waals surface area contributed by atoms with Gasteiger partial charge in [-0.15, -0.1) is 11.3 Å². The molecule has 1 unspecified atom stereocenters. The molecule has 0 amide bonds. The maximum absolute atomic E-state index is 5.52. The van der Waals surface area contributed by atoms with Crippen molar-refractivity contribution in [2.45, 2.75) is 33.7 Å². The third kappa shape index (κ3) is 2.30. The van der Waals surface area contributed by atoms with Gasteiger partial charge in [0.15, 0.2) is 0 Å². The lowest BCUT2D eigenvalue weighted by Crippen LogP contribution is -2.30. The second-order valence-electron chi connectivity index (χ2n) is 3.78. The summed E-state index contributed by atoms with van der Waals surface area (Å²) in [5, 5.41) is 0. The molecule has 3 N–H and O–H groups in total. The molecule has 74 valence electrons. The Morgan fingerprint density at radius 3 is 2.31 bits per heavy atom. The third-order valence-corrected chi connectivity index (χ3v) is 3.57. The van der Waals surface area contributed by atoms with Gasteiger partial charge in [0.25, 0.3) is 0 Å². The number of thiophene rings is 1. The molecule has 1 atom stereocenters. The second kappa shape index (κ2) is 4.22. The average molecular weight is 198 g/mol. The van der Waals surface area contributed by atoms with Crippen LogP contribution in [0.3, 0.4) is 0 Å². The minimum absolute atomic E-state index is 0.289. The molecule has 0 fully saturated rings. The Kier molecular flexibility index (Phi) is 3.47. The topological polar surface area (TPSA) is 38.0 Å². The third-order valence-electron chi connectivity index (χ3n) is 2.34. The highest BCUT2D eigenvalue weighted by Gasteiger charge is 2.16. The molecule has 0 saturated carbocycles. The van der Waals surface area contributed by atoms with E-state index < -0.39 is 0 Å². The van der Waals surface area contributed by atoms with Crippen LogP contribution in [-0.4, -0.2) is 0 Å². The lowest BCUT2D eigenvalue weighted by atomic mass is 10.0. The van der Waals surface area contributed by atoms with Gasteiger partial charge in [-0.25, -0.2) is 0 Å². The Bertz CT molecular complexity index is 259. The zero-order valence-electron chi connectivity index (χ0n) is 8.72. The summed E-state index contributed by atoms with van der Waals surface area (Å²) in [6.45, 7) is 8.64. The molecule has 13 heavy (non-hydrogen) atoms. The number of hydrazine groups is 1. The van der Waals surface area contributed by atoms with Crippen LogP contribution in [0.5, 0.6) is 0 Å².